The molecule has 0 amide bonds. The SMILES string of the molecule is COc1cc(C(=O)Cc2ccc(Br)s2)cc(OC)c1OC. The third kappa shape index (κ3) is 3.57. The minimum Gasteiger partial charge on any atom is -0.493 e. The van der Waals surface area contributed by atoms with E-state index in [4.69, 9.17) is 14.2 Å². The first-order chi connectivity index (χ1) is 10.1. The monoisotopic (exact) mass is 370 g/mol. The maximum atomic E-state index is 12.4. The predicted molar refractivity (Wildman–Crippen MR) is 86.2 cm³/mol. The Morgan fingerprint density at radius 1 is 1.10 bits per heavy atom. The minimum atomic E-state index is 0.00334. The Bertz CT molecular complexity index is 626. The van der Waals surface area contributed by atoms with E-state index in [0.29, 0.717) is 29.2 Å². The molecule has 6 heteroatoms. The molecule has 1 heterocycles. The molecule has 0 N–H and O–H groups in total. The van der Waals surface area contributed by atoms with Crippen LogP contribution in [0.25, 0.3) is 0 Å². The van der Waals surface area contributed by atoms with Crippen molar-refractivity contribution in [1.82, 2.24) is 0 Å². The topological polar surface area (TPSA) is 44.8 Å². The largest absolute Gasteiger partial charge is 0.493 e. The Kier molecular flexibility index (Phi) is 5.25. The molecule has 0 unspecified atom stereocenters. The van der Waals surface area contributed by atoms with Crippen LogP contribution in [0.5, 0.6) is 17.2 Å². The van der Waals surface area contributed by atoms with Crippen LogP contribution >= 0.6 is 27.3 Å². The number of hydrogen-bond acceptors (Lipinski definition) is 5. The molecule has 0 atom stereocenters. The molecule has 1 aromatic carbocycles. The van der Waals surface area contributed by atoms with Crippen LogP contribution in [-0.2, 0) is 6.42 Å². The molecule has 2 aromatic rings. The van der Waals surface area contributed by atoms with Gasteiger partial charge in [-0.1, -0.05) is 0 Å². The van der Waals surface area contributed by atoms with Gasteiger partial charge in [0.1, 0.15) is 0 Å². The number of methoxy groups -OCH3 is 3. The lowest BCUT2D eigenvalue weighted by Gasteiger charge is -2.13. The van der Waals surface area contributed by atoms with Crippen molar-refractivity contribution in [3.8, 4) is 17.2 Å². The van der Waals surface area contributed by atoms with Crippen molar-refractivity contribution in [1.29, 1.82) is 0 Å². The minimum absolute atomic E-state index is 0.00334. The first-order valence-electron chi connectivity index (χ1n) is 6.16. The molecule has 21 heavy (non-hydrogen) atoms. The van der Waals surface area contributed by atoms with Gasteiger partial charge in [0.05, 0.1) is 25.1 Å². The summed E-state index contributed by atoms with van der Waals surface area (Å²) >= 11 is 4.94. The number of hydrogen-bond donors (Lipinski definition) is 0. The standard InChI is InChI=1S/C15H15BrO4S/c1-18-12-6-9(7-13(19-2)15(12)20-3)11(17)8-10-4-5-14(16)21-10/h4-7H,8H2,1-3H3. The van der Waals surface area contributed by atoms with Gasteiger partial charge in [0.2, 0.25) is 5.75 Å². The number of ether oxygens (including phenoxy) is 3. The van der Waals surface area contributed by atoms with E-state index in [1.807, 2.05) is 12.1 Å². The number of ketones is 1. The quantitative estimate of drug-likeness (QED) is 0.721. The van der Waals surface area contributed by atoms with Gasteiger partial charge < -0.3 is 14.2 Å². The van der Waals surface area contributed by atoms with Crippen molar-refractivity contribution in [3.05, 3.63) is 38.5 Å². The van der Waals surface area contributed by atoms with Gasteiger partial charge in [-0.25, -0.2) is 0 Å². The van der Waals surface area contributed by atoms with Crippen molar-refractivity contribution < 1.29 is 19.0 Å². The fourth-order valence-electron chi connectivity index (χ4n) is 1.95. The summed E-state index contributed by atoms with van der Waals surface area (Å²) in [5.74, 6) is 1.44. The maximum Gasteiger partial charge on any atom is 0.203 e. The van der Waals surface area contributed by atoms with Gasteiger partial charge in [0, 0.05) is 16.9 Å². The summed E-state index contributed by atoms with van der Waals surface area (Å²) in [7, 11) is 4.59. The number of carbonyl (C=O) groups excluding carboxylic acids is 1. The van der Waals surface area contributed by atoms with Gasteiger partial charge in [0.15, 0.2) is 17.3 Å². The average Bonchev–Trinajstić information content (AvgIpc) is 2.90. The molecule has 112 valence electrons. The number of Topliss-reactive ketones (excluding diaryl/α,β-unsaturated/α-hetero) is 1. The van der Waals surface area contributed by atoms with E-state index in [1.165, 1.54) is 21.3 Å². The third-order valence-electron chi connectivity index (χ3n) is 2.95. The molecule has 0 saturated carbocycles. The molecule has 0 fully saturated rings. The molecule has 0 radical (unpaired) electrons. The van der Waals surface area contributed by atoms with Crippen LogP contribution in [0.3, 0.4) is 0 Å². The fourth-order valence-corrected chi connectivity index (χ4v) is 3.43. The van der Waals surface area contributed by atoms with Gasteiger partial charge in [-0.05, 0) is 40.2 Å². The van der Waals surface area contributed by atoms with Gasteiger partial charge >= 0.3 is 0 Å². The van der Waals surface area contributed by atoms with E-state index in [9.17, 15) is 4.79 Å². The van der Waals surface area contributed by atoms with Crippen LogP contribution in [-0.4, -0.2) is 27.1 Å². The lowest BCUT2D eigenvalue weighted by atomic mass is 10.1. The van der Waals surface area contributed by atoms with Gasteiger partial charge in [-0.3, -0.25) is 4.79 Å². The Morgan fingerprint density at radius 2 is 1.71 bits per heavy atom. The van der Waals surface area contributed by atoms with Gasteiger partial charge in [-0.2, -0.15) is 0 Å². The summed E-state index contributed by atoms with van der Waals surface area (Å²) in [4.78, 5) is 13.4. The highest BCUT2D eigenvalue weighted by atomic mass is 79.9. The zero-order valence-corrected chi connectivity index (χ0v) is 14.3. The molecule has 2 rings (SSSR count). The lowest BCUT2D eigenvalue weighted by molar-refractivity contribution is 0.0993. The maximum absolute atomic E-state index is 12.4. The number of benzene rings is 1. The molecule has 0 aliphatic heterocycles. The second kappa shape index (κ2) is 6.95. The van der Waals surface area contributed by atoms with Gasteiger partial charge in [-0.15, -0.1) is 11.3 Å². The van der Waals surface area contributed by atoms with Crippen molar-refractivity contribution in [2.45, 2.75) is 6.42 Å². The summed E-state index contributed by atoms with van der Waals surface area (Å²) < 4.78 is 16.8. The predicted octanol–water partition coefficient (Wildman–Crippen LogP) is 3.96. The summed E-state index contributed by atoms with van der Waals surface area (Å²) in [6.45, 7) is 0. The van der Waals surface area contributed by atoms with E-state index >= 15 is 0 Å². The molecule has 4 nitrogen and oxygen atoms in total. The Labute approximate surface area is 135 Å². The molecular formula is C15H15BrO4S. The lowest BCUT2D eigenvalue weighted by Crippen LogP contribution is -2.04. The second-order valence-electron chi connectivity index (χ2n) is 4.22. The zero-order chi connectivity index (χ0) is 15.4. The van der Waals surface area contributed by atoms with E-state index in [2.05, 4.69) is 15.9 Å². The molecule has 0 saturated heterocycles. The highest BCUT2D eigenvalue weighted by Gasteiger charge is 2.17. The summed E-state index contributed by atoms with van der Waals surface area (Å²) in [5, 5.41) is 0. The number of thiophene rings is 1. The highest BCUT2D eigenvalue weighted by Crippen LogP contribution is 2.38. The third-order valence-corrected chi connectivity index (χ3v) is 4.57. The van der Waals surface area contributed by atoms with E-state index < -0.39 is 0 Å². The zero-order valence-electron chi connectivity index (χ0n) is 11.9. The van der Waals surface area contributed by atoms with Crippen LogP contribution in [0.1, 0.15) is 15.2 Å². The van der Waals surface area contributed by atoms with Crippen LogP contribution < -0.4 is 14.2 Å². The van der Waals surface area contributed by atoms with Crippen LogP contribution in [0, 0.1) is 0 Å². The fraction of sp³-hybridized carbons (Fsp3) is 0.267. The van der Waals surface area contributed by atoms with Crippen molar-refractivity contribution in [3.63, 3.8) is 0 Å². The van der Waals surface area contributed by atoms with Crippen LogP contribution in [0.15, 0.2) is 28.1 Å². The van der Waals surface area contributed by atoms with Crippen molar-refractivity contribution in [2.24, 2.45) is 0 Å². The summed E-state index contributed by atoms with van der Waals surface area (Å²) in [5.41, 5.74) is 0.536. The van der Waals surface area contributed by atoms with Crippen LogP contribution in [0.4, 0.5) is 0 Å². The first kappa shape index (κ1) is 15.9. The molecular weight excluding hydrogens is 356 g/mol. The van der Waals surface area contributed by atoms with Crippen molar-refractivity contribution >= 4 is 33.0 Å². The molecule has 0 spiro atoms. The number of carbonyl (C=O) groups is 1. The Hall–Kier alpha value is -1.53. The van der Waals surface area contributed by atoms with E-state index in [1.54, 1.807) is 23.5 Å². The molecule has 0 aliphatic carbocycles. The van der Waals surface area contributed by atoms with Gasteiger partial charge in [0.25, 0.3) is 0 Å². The first-order valence-corrected chi connectivity index (χ1v) is 7.77. The van der Waals surface area contributed by atoms with E-state index in [-0.39, 0.29) is 5.78 Å². The highest BCUT2D eigenvalue weighted by molar-refractivity contribution is 9.11. The Morgan fingerprint density at radius 3 is 2.14 bits per heavy atom. The smallest absolute Gasteiger partial charge is 0.203 e. The Balaban J connectivity index is 2.32. The summed E-state index contributed by atoms with van der Waals surface area (Å²) in [6.07, 6.45) is 0.342. The summed E-state index contributed by atoms with van der Waals surface area (Å²) in [6, 6.07) is 7.21. The van der Waals surface area contributed by atoms with Crippen LogP contribution in [0.2, 0.25) is 0 Å². The van der Waals surface area contributed by atoms with Crippen molar-refractivity contribution in [2.75, 3.05) is 21.3 Å². The van der Waals surface area contributed by atoms with E-state index in [0.717, 1.165) is 8.66 Å². The number of halogens is 1. The second-order valence-corrected chi connectivity index (χ2v) is 6.77. The average molecular weight is 371 g/mol. The number of rotatable bonds is 6. The molecule has 1 aromatic heterocycles. The molecule has 0 aliphatic rings. The molecule has 0 bridgehead atoms. The normalized spacial score (nSPS) is 10.3.